The van der Waals surface area contributed by atoms with Crippen molar-refractivity contribution in [3.05, 3.63) is 44.8 Å². The van der Waals surface area contributed by atoms with E-state index in [9.17, 15) is 4.79 Å². The summed E-state index contributed by atoms with van der Waals surface area (Å²) in [6, 6.07) is 8.72. The lowest BCUT2D eigenvalue weighted by atomic mass is 9.96. The molecule has 0 bridgehead atoms. The Hall–Kier alpha value is -1.33. The molecule has 0 aromatic carbocycles. The van der Waals surface area contributed by atoms with Gasteiger partial charge in [-0.3, -0.25) is 0 Å². The van der Waals surface area contributed by atoms with Gasteiger partial charge in [0.2, 0.25) is 0 Å². The van der Waals surface area contributed by atoms with Crippen LogP contribution in [0, 0.1) is 0 Å². The minimum absolute atomic E-state index is 0.0775. The zero-order valence-corrected chi connectivity index (χ0v) is 14.3. The minimum Gasteiger partial charge on any atom is -0.335 e. The van der Waals surface area contributed by atoms with E-state index in [0.717, 1.165) is 12.8 Å². The third-order valence-electron chi connectivity index (χ3n) is 4.07. The topological polar surface area (TPSA) is 32.3 Å². The van der Waals surface area contributed by atoms with Crippen molar-refractivity contribution < 1.29 is 4.79 Å². The van der Waals surface area contributed by atoms with Gasteiger partial charge >= 0.3 is 6.03 Å². The monoisotopic (exact) mass is 334 g/mol. The molecule has 5 heteroatoms. The molecule has 1 N–H and O–H groups in total. The van der Waals surface area contributed by atoms with Gasteiger partial charge in [-0.2, -0.15) is 0 Å². The van der Waals surface area contributed by atoms with Crippen molar-refractivity contribution in [2.24, 2.45) is 0 Å². The second kappa shape index (κ2) is 7.79. The van der Waals surface area contributed by atoms with Gasteiger partial charge in [0, 0.05) is 15.8 Å². The molecule has 2 aromatic rings. The van der Waals surface area contributed by atoms with Crippen LogP contribution >= 0.6 is 22.7 Å². The van der Waals surface area contributed by atoms with Gasteiger partial charge in [-0.05, 0) is 35.7 Å². The first kappa shape index (κ1) is 15.6. The maximum Gasteiger partial charge on any atom is 0.318 e. The van der Waals surface area contributed by atoms with Crippen LogP contribution in [-0.4, -0.2) is 17.0 Å². The van der Waals surface area contributed by atoms with Crippen molar-refractivity contribution >= 4 is 28.7 Å². The Bertz CT molecular complexity index is 523. The summed E-state index contributed by atoms with van der Waals surface area (Å²) < 4.78 is 0. The molecule has 3 rings (SSSR count). The molecule has 0 saturated heterocycles. The Morgan fingerprint density at radius 1 is 1.05 bits per heavy atom. The number of thiophene rings is 2. The van der Waals surface area contributed by atoms with Crippen molar-refractivity contribution in [1.82, 2.24) is 10.2 Å². The first-order chi connectivity index (χ1) is 10.8. The zero-order valence-electron chi connectivity index (χ0n) is 12.7. The van der Waals surface area contributed by atoms with Crippen molar-refractivity contribution in [2.75, 3.05) is 0 Å². The maximum absolute atomic E-state index is 12.7. The van der Waals surface area contributed by atoms with Crippen LogP contribution in [0.2, 0.25) is 0 Å². The summed E-state index contributed by atoms with van der Waals surface area (Å²) in [4.78, 5) is 17.1. The molecule has 1 saturated carbocycles. The fraction of sp³-hybridized carbons (Fsp3) is 0.471. The molecule has 1 fully saturated rings. The number of hydrogen-bond acceptors (Lipinski definition) is 3. The molecule has 0 radical (unpaired) electrons. The second-order valence-electron chi connectivity index (χ2n) is 5.80. The first-order valence-electron chi connectivity index (χ1n) is 7.91. The lowest BCUT2D eigenvalue weighted by Crippen LogP contribution is -2.44. The van der Waals surface area contributed by atoms with Gasteiger partial charge in [-0.15, -0.1) is 22.7 Å². The van der Waals surface area contributed by atoms with Gasteiger partial charge in [0.15, 0.2) is 0 Å². The smallest absolute Gasteiger partial charge is 0.318 e. The van der Waals surface area contributed by atoms with Crippen LogP contribution < -0.4 is 5.32 Å². The Kier molecular flexibility index (Phi) is 5.51. The highest BCUT2D eigenvalue weighted by molar-refractivity contribution is 7.10. The third kappa shape index (κ3) is 4.34. The molecule has 0 aliphatic heterocycles. The quantitative estimate of drug-likeness (QED) is 0.832. The van der Waals surface area contributed by atoms with Crippen LogP contribution in [0.3, 0.4) is 0 Å². The van der Waals surface area contributed by atoms with Crippen molar-refractivity contribution in [1.29, 1.82) is 0 Å². The van der Waals surface area contributed by atoms with Gasteiger partial charge < -0.3 is 10.2 Å². The van der Waals surface area contributed by atoms with Crippen LogP contribution in [0.15, 0.2) is 35.0 Å². The zero-order chi connectivity index (χ0) is 15.2. The van der Waals surface area contributed by atoms with Gasteiger partial charge in [-0.25, -0.2) is 4.79 Å². The molecular weight excluding hydrogens is 312 g/mol. The van der Waals surface area contributed by atoms with Crippen molar-refractivity contribution in [3.63, 3.8) is 0 Å². The average molecular weight is 335 g/mol. The summed E-state index contributed by atoms with van der Waals surface area (Å²) in [5.41, 5.74) is 0. The van der Waals surface area contributed by atoms with E-state index in [1.165, 1.54) is 29.0 Å². The Morgan fingerprint density at radius 3 is 2.14 bits per heavy atom. The molecule has 3 nitrogen and oxygen atoms in total. The van der Waals surface area contributed by atoms with E-state index < -0.39 is 0 Å². The summed E-state index contributed by atoms with van der Waals surface area (Å²) in [6.07, 6.45) is 6.03. The predicted molar refractivity (Wildman–Crippen MR) is 93.3 cm³/mol. The summed E-state index contributed by atoms with van der Waals surface area (Å²) in [6.45, 7) is 1.38. The minimum atomic E-state index is 0.0775. The Morgan fingerprint density at radius 2 is 1.64 bits per heavy atom. The normalized spacial score (nSPS) is 15.6. The third-order valence-corrected chi connectivity index (χ3v) is 5.80. The molecule has 22 heavy (non-hydrogen) atoms. The molecule has 2 heterocycles. The number of hydrogen-bond donors (Lipinski definition) is 1. The molecule has 0 unspecified atom stereocenters. The van der Waals surface area contributed by atoms with E-state index in [2.05, 4.69) is 28.2 Å². The molecule has 2 aromatic heterocycles. The summed E-state index contributed by atoms with van der Waals surface area (Å²) in [5.74, 6) is 0. The second-order valence-corrected chi connectivity index (χ2v) is 7.86. The molecule has 0 spiro atoms. The lowest BCUT2D eigenvalue weighted by molar-refractivity contribution is 0.185. The molecule has 1 aliphatic rings. The fourth-order valence-corrected chi connectivity index (χ4v) is 4.33. The largest absolute Gasteiger partial charge is 0.335 e. The predicted octanol–water partition coefficient (Wildman–Crippen LogP) is 4.85. The first-order valence-corrected chi connectivity index (χ1v) is 9.67. The number of amides is 2. The van der Waals surface area contributed by atoms with E-state index in [0.29, 0.717) is 19.1 Å². The van der Waals surface area contributed by atoms with Gasteiger partial charge in [0.1, 0.15) is 0 Å². The fourth-order valence-electron chi connectivity index (χ4n) is 2.89. The van der Waals surface area contributed by atoms with E-state index in [1.807, 2.05) is 17.0 Å². The van der Waals surface area contributed by atoms with E-state index in [4.69, 9.17) is 0 Å². The Labute approximate surface area is 140 Å². The summed E-state index contributed by atoms with van der Waals surface area (Å²) >= 11 is 3.42. The average Bonchev–Trinajstić information content (AvgIpc) is 3.21. The number of nitrogens with one attached hydrogen (secondary N) is 1. The summed E-state index contributed by atoms with van der Waals surface area (Å²) in [5, 5.41) is 7.37. The molecule has 2 amide bonds. The van der Waals surface area contributed by atoms with E-state index in [1.54, 1.807) is 22.7 Å². The molecular formula is C17H22N2OS2. The number of nitrogens with zero attached hydrogens (tertiary/aromatic N) is 1. The van der Waals surface area contributed by atoms with Crippen LogP contribution in [0.25, 0.3) is 0 Å². The van der Waals surface area contributed by atoms with Crippen molar-refractivity contribution in [3.8, 4) is 0 Å². The standard InChI is InChI=1S/C17H22N2OS2/c20-17(18-14-6-2-1-3-7-14)19(12-15-8-4-10-21-15)13-16-9-5-11-22-16/h4-5,8-11,14H,1-3,6-7,12-13H2,(H,18,20). The highest BCUT2D eigenvalue weighted by Crippen LogP contribution is 2.20. The number of carbonyl (C=O) groups excluding carboxylic acids is 1. The SMILES string of the molecule is O=C(NC1CCCCC1)N(Cc1cccs1)Cc1cccs1. The van der Waals surface area contributed by atoms with Crippen LogP contribution in [-0.2, 0) is 13.1 Å². The highest BCUT2D eigenvalue weighted by atomic mass is 32.1. The van der Waals surface area contributed by atoms with E-state index in [-0.39, 0.29) is 6.03 Å². The van der Waals surface area contributed by atoms with Crippen LogP contribution in [0.1, 0.15) is 41.9 Å². The van der Waals surface area contributed by atoms with Gasteiger partial charge in [0.05, 0.1) is 13.1 Å². The summed E-state index contributed by atoms with van der Waals surface area (Å²) in [7, 11) is 0. The molecule has 118 valence electrons. The molecule has 0 atom stereocenters. The van der Waals surface area contributed by atoms with Crippen LogP contribution in [0.5, 0.6) is 0 Å². The maximum atomic E-state index is 12.7. The number of urea groups is 1. The van der Waals surface area contributed by atoms with Gasteiger partial charge in [0.25, 0.3) is 0 Å². The van der Waals surface area contributed by atoms with Crippen LogP contribution in [0.4, 0.5) is 4.79 Å². The van der Waals surface area contributed by atoms with E-state index >= 15 is 0 Å². The van der Waals surface area contributed by atoms with Crippen molar-refractivity contribution in [2.45, 2.75) is 51.2 Å². The highest BCUT2D eigenvalue weighted by Gasteiger charge is 2.20. The molecule has 1 aliphatic carbocycles. The Balaban J connectivity index is 1.64. The number of carbonyl (C=O) groups is 1. The lowest BCUT2D eigenvalue weighted by Gasteiger charge is -2.28. The van der Waals surface area contributed by atoms with Gasteiger partial charge in [-0.1, -0.05) is 31.4 Å². The number of rotatable bonds is 5.